The molecule has 0 fully saturated rings. The molecule has 0 aliphatic heterocycles. The summed E-state index contributed by atoms with van der Waals surface area (Å²) in [6.07, 6.45) is 2.25. The number of hydrogen-bond donors (Lipinski definition) is 1. The highest BCUT2D eigenvalue weighted by atomic mass is 16.3. The minimum atomic E-state index is -0.898. The normalized spacial score (nSPS) is 13.3. The van der Waals surface area contributed by atoms with Crippen LogP contribution in [0.5, 0.6) is 0 Å². The van der Waals surface area contributed by atoms with Crippen LogP contribution in [0.15, 0.2) is 36.4 Å². The van der Waals surface area contributed by atoms with E-state index in [9.17, 15) is 9.90 Å². The summed E-state index contributed by atoms with van der Waals surface area (Å²) in [6, 6.07) is 9.55. The minimum absolute atomic E-state index is 0.0436. The summed E-state index contributed by atoms with van der Waals surface area (Å²) in [5.74, 6) is -0.285. The van der Waals surface area contributed by atoms with Crippen LogP contribution in [0.4, 0.5) is 0 Å². The summed E-state index contributed by atoms with van der Waals surface area (Å²) in [5, 5.41) is 9.47. The van der Waals surface area contributed by atoms with Gasteiger partial charge in [0.15, 0.2) is 5.78 Å². The summed E-state index contributed by atoms with van der Waals surface area (Å²) in [6.45, 7) is 3.64. The first-order chi connectivity index (χ1) is 7.11. The van der Waals surface area contributed by atoms with Crippen LogP contribution in [0.1, 0.15) is 19.4 Å². The van der Waals surface area contributed by atoms with Gasteiger partial charge in [0.05, 0.1) is 0 Å². The molecule has 1 N–H and O–H groups in total. The third-order valence-electron chi connectivity index (χ3n) is 2.16. The predicted molar refractivity (Wildman–Crippen MR) is 61.3 cm³/mol. The van der Waals surface area contributed by atoms with E-state index in [1.807, 2.05) is 44.2 Å². The maximum absolute atomic E-state index is 11.4. The number of carbonyl (C=O) groups excluding carboxylic acids is 1. The molecule has 1 aromatic carbocycles. The summed E-state index contributed by atoms with van der Waals surface area (Å²) in [7, 11) is 0. The molecule has 2 nitrogen and oxygen atoms in total. The summed E-state index contributed by atoms with van der Waals surface area (Å²) in [5.41, 5.74) is 0.960. The van der Waals surface area contributed by atoms with Gasteiger partial charge < -0.3 is 5.11 Å². The number of aliphatic hydroxyl groups is 1. The van der Waals surface area contributed by atoms with E-state index in [-0.39, 0.29) is 11.7 Å². The zero-order valence-corrected chi connectivity index (χ0v) is 9.05. The van der Waals surface area contributed by atoms with Crippen molar-refractivity contribution in [2.75, 3.05) is 0 Å². The molecule has 0 bridgehead atoms. The smallest absolute Gasteiger partial charge is 0.184 e. The van der Waals surface area contributed by atoms with E-state index in [1.165, 1.54) is 6.08 Å². The van der Waals surface area contributed by atoms with E-state index in [1.54, 1.807) is 6.08 Å². The Morgan fingerprint density at radius 3 is 2.40 bits per heavy atom. The second-order valence-corrected chi connectivity index (χ2v) is 3.84. The topological polar surface area (TPSA) is 37.3 Å². The van der Waals surface area contributed by atoms with Crippen molar-refractivity contribution in [3.8, 4) is 0 Å². The number of carbonyl (C=O) groups is 1. The summed E-state index contributed by atoms with van der Waals surface area (Å²) in [4.78, 5) is 11.4. The molecule has 0 amide bonds. The second kappa shape index (κ2) is 5.47. The van der Waals surface area contributed by atoms with Gasteiger partial charge in [-0.05, 0) is 17.6 Å². The highest BCUT2D eigenvalue weighted by molar-refractivity contribution is 5.96. The number of aliphatic hydroxyl groups excluding tert-OH is 1. The Balaban J connectivity index is 2.63. The van der Waals surface area contributed by atoms with Crippen LogP contribution in [0.3, 0.4) is 0 Å². The average Bonchev–Trinajstić information content (AvgIpc) is 2.26. The fourth-order valence-electron chi connectivity index (χ4n) is 1.17. The number of ketones is 1. The van der Waals surface area contributed by atoms with Gasteiger partial charge in [0.1, 0.15) is 6.10 Å². The molecule has 1 aromatic rings. The Hall–Kier alpha value is -1.41. The van der Waals surface area contributed by atoms with Gasteiger partial charge in [-0.3, -0.25) is 4.79 Å². The van der Waals surface area contributed by atoms with Gasteiger partial charge in [-0.1, -0.05) is 50.3 Å². The zero-order valence-electron chi connectivity index (χ0n) is 9.05. The van der Waals surface area contributed by atoms with Gasteiger partial charge >= 0.3 is 0 Å². The predicted octanol–water partition coefficient (Wildman–Crippen LogP) is 2.29. The lowest BCUT2D eigenvalue weighted by atomic mass is 10.0. The lowest BCUT2D eigenvalue weighted by Crippen LogP contribution is -2.23. The van der Waals surface area contributed by atoms with Crippen molar-refractivity contribution in [2.24, 2.45) is 5.92 Å². The van der Waals surface area contributed by atoms with Crippen LogP contribution in [0, 0.1) is 5.92 Å². The van der Waals surface area contributed by atoms with Gasteiger partial charge in [-0.15, -0.1) is 0 Å². The van der Waals surface area contributed by atoms with Crippen LogP contribution in [0.25, 0.3) is 6.08 Å². The van der Waals surface area contributed by atoms with Gasteiger partial charge in [0, 0.05) is 0 Å². The molecular formula is C13H16O2. The quantitative estimate of drug-likeness (QED) is 0.764. The molecule has 0 heterocycles. The van der Waals surface area contributed by atoms with Crippen molar-refractivity contribution in [3.63, 3.8) is 0 Å². The summed E-state index contributed by atoms with van der Waals surface area (Å²) >= 11 is 0. The Kier molecular flexibility index (Phi) is 4.25. The Bertz CT molecular complexity index is 339. The van der Waals surface area contributed by atoms with Crippen LogP contribution in [-0.4, -0.2) is 17.0 Å². The maximum Gasteiger partial charge on any atom is 0.184 e. The van der Waals surface area contributed by atoms with Crippen molar-refractivity contribution in [2.45, 2.75) is 20.0 Å². The zero-order chi connectivity index (χ0) is 11.3. The molecule has 0 aliphatic carbocycles. The second-order valence-electron chi connectivity index (χ2n) is 3.84. The molecule has 0 aliphatic rings. The van der Waals surface area contributed by atoms with Crippen molar-refractivity contribution in [3.05, 3.63) is 42.0 Å². The molecule has 80 valence electrons. The van der Waals surface area contributed by atoms with Crippen molar-refractivity contribution in [1.82, 2.24) is 0 Å². The molecule has 1 rings (SSSR count). The van der Waals surface area contributed by atoms with E-state index in [0.717, 1.165) is 5.56 Å². The van der Waals surface area contributed by atoms with Crippen LogP contribution in [-0.2, 0) is 4.79 Å². The lowest BCUT2D eigenvalue weighted by molar-refractivity contribution is -0.124. The van der Waals surface area contributed by atoms with Crippen molar-refractivity contribution in [1.29, 1.82) is 0 Å². The largest absolute Gasteiger partial charge is 0.385 e. The Labute approximate surface area is 90.3 Å². The first kappa shape index (κ1) is 11.7. The fourth-order valence-corrected chi connectivity index (χ4v) is 1.17. The number of rotatable bonds is 4. The monoisotopic (exact) mass is 204 g/mol. The van der Waals surface area contributed by atoms with Gasteiger partial charge in [-0.2, -0.15) is 0 Å². The summed E-state index contributed by atoms with van der Waals surface area (Å²) < 4.78 is 0. The van der Waals surface area contributed by atoms with E-state index < -0.39 is 6.10 Å². The number of benzene rings is 1. The molecule has 0 spiro atoms. The standard InChI is InChI=1S/C13H16O2/c1-10(2)13(15)12(14)9-8-11-6-4-3-5-7-11/h3-10,13,15H,1-2H3/b9-8+/t13-/m0/s1. The first-order valence-corrected chi connectivity index (χ1v) is 5.06. The number of hydrogen-bond acceptors (Lipinski definition) is 2. The average molecular weight is 204 g/mol. The maximum atomic E-state index is 11.4. The van der Waals surface area contributed by atoms with E-state index >= 15 is 0 Å². The molecule has 15 heavy (non-hydrogen) atoms. The molecule has 0 saturated carbocycles. The minimum Gasteiger partial charge on any atom is -0.385 e. The van der Waals surface area contributed by atoms with Crippen molar-refractivity contribution < 1.29 is 9.90 Å². The molecule has 0 saturated heterocycles. The third-order valence-corrected chi connectivity index (χ3v) is 2.16. The fraction of sp³-hybridized carbons (Fsp3) is 0.308. The van der Waals surface area contributed by atoms with Gasteiger partial charge in [0.25, 0.3) is 0 Å². The molecule has 1 atom stereocenters. The molecular weight excluding hydrogens is 188 g/mol. The highest BCUT2D eigenvalue weighted by Crippen LogP contribution is 2.06. The van der Waals surface area contributed by atoms with E-state index in [2.05, 4.69) is 0 Å². The third kappa shape index (κ3) is 3.68. The van der Waals surface area contributed by atoms with Gasteiger partial charge in [0.2, 0.25) is 0 Å². The van der Waals surface area contributed by atoms with Gasteiger partial charge in [-0.25, -0.2) is 0 Å². The Morgan fingerprint density at radius 2 is 1.87 bits per heavy atom. The Morgan fingerprint density at radius 1 is 1.27 bits per heavy atom. The molecule has 0 radical (unpaired) electrons. The van der Waals surface area contributed by atoms with E-state index in [4.69, 9.17) is 0 Å². The highest BCUT2D eigenvalue weighted by Gasteiger charge is 2.15. The molecule has 0 aromatic heterocycles. The SMILES string of the molecule is CC(C)[C@H](O)C(=O)/C=C/c1ccccc1. The van der Waals surface area contributed by atoms with Crippen LogP contribution in [0.2, 0.25) is 0 Å². The first-order valence-electron chi connectivity index (χ1n) is 5.06. The van der Waals surface area contributed by atoms with Crippen molar-refractivity contribution >= 4 is 11.9 Å². The van der Waals surface area contributed by atoms with Crippen LogP contribution < -0.4 is 0 Å². The van der Waals surface area contributed by atoms with E-state index in [0.29, 0.717) is 0 Å². The lowest BCUT2D eigenvalue weighted by Gasteiger charge is -2.09. The van der Waals surface area contributed by atoms with Crippen LogP contribution >= 0.6 is 0 Å². The molecule has 2 heteroatoms. The molecule has 0 unspecified atom stereocenters.